The van der Waals surface area contributed by atoms with Gasteiger partial charge in [-0.3, -0.25) is 9.71 Å². The molecule has 0 atom stereocenters. The molecule has 0 aliphatic rings. The lowest BCUT2D eigenvalue weighted by molar-refractivity contribution is 0.414. The fraction of sp³-hybridized carbons (Fsp3) is 0.0500. The van der Waals surface area contributed by atoms with Crippen molar-refractivity contribution in [3.8, 4) is 5.75 Å². The molecule has 0 saturated carbocycles. The van der Waals surface area contributed by atoms with E-state index < -0.39 is 10.0 Å². The number of nitrogens with zero attached hydrogens (tertiary/aromatic N) is 1. The van der Waals surface area contributed by atoms with Crippen LogP contribution in [-0.4, -0.2) is 20.5 Å². The molecule has 0 saturated heterocycles. The molecule has 0 aliphatic carbocycles. The third-order valence-electron chi connectivity index (χ3n) is 3.74. The first-order chi connectivity index (χ1) is 12.6. The quantitative estimate of drug-likeness (QED) is 0.714. The van der Waals surface area contributed by atoms with E-state index in [9.17, 15) is 8.42 Å². The highest BCUT2D eigenvalue weighted by atomic mass is 32.2. The third-order valence-corrected chi connectivity index (χ3v) is 5.12. The number of sulfonamides is 1. The zero-order chi connectivity index (χ0) is 18.4. The normalized spacial score (nSPS) is 11.4. The second kappa shape index (κ2) is 7.84. The lowest BCUT2D eigenvalue weighted by Crippen LogP contribution is -2.13. The molecule has 0 bridgehead atoms. The van der Waals surface area contributed by atoms with Gasteiger partial charge in [0.2, 0.25) is 0 Å². The van der Waals surface area contributed by atoms with Gasteiger partial charge in [-0.05, 0) is 53.6 Å². The van der Waals surface area contributed by atoms with Gasteiger partial charge in [-0.15, -0.1) is 0 Å². The van der Waals surface area contributed by atoms with Crippen LogP contribution in [0.15, 0.2) is 78.0 Å². The van der Waals surface area contributed by atoms with Gasteiger partial charge in [0, 0.05) is 12.4 Å². The van der Waals surface area contributed by atoms with Crippen LogP contribution in [0.2, 0.25) is 0 Å². The third kappa shape index (κ3) is 4.29. The highest BCUT2D eigenvalue weighted by molar-refractivity contribution is 7.92. The number of para-hydroxylation sites is 1. The molecule has 2 aromatic carbocycles. The summed E-state index contributed by atoms with van der Waals surface area (Å²) in [5, 5.41) is 0. The van der Waals surface area contributed by atoms with E-state index in [0.29, 0.717) is 11.4 Å². The summed E-state index contributed by atoms with van der Waals surface area (Å²) < 4.78 is 33.0. The predicted molar refractivity (Wildman–Crippen MR) is 103 cm³/mol. The molecule has 0 fully saturated rings. The minimum absolute atomic E-state index is 0.172. The molecule has 1 aromatic heterocycles. The summed E-state index contributed by atoms with van der Waals surface area (Å²) in [6.45, 7) is 0. The average Bonchev–Trinajstić information content (AvgIpc) is 2.68. The van der Waals surface area contributed by atoms with Gasteiger partial charge in [0.25, 0.3) is 10.0 Å². The first kappa shape index (κ1) is 17.7. The summed E-state index contributed by atoms with van der Waals surface area (Å²) in [4.78, 5) is 4.15. The first-order valence-electron chi connectivity index (χ1n) is 7.92. The van der Waals surface area contributed by atoms with Crippen LogP contribution in [0.3, 0.4) is 0 Å². The zero-order valence-corrected chi connectivity index (χ0v) is 15.0. The number of methoxy groups -OCH3 is 1. The molecule has 1 heterocycles. The number of pyridine rings is 1. The fourth-order valence-electron chi connectivity index (χ4n) is 2.35. The predicted octanol–water partition coefficient (Wildman–Crippen LogP) is 4.06. The van der Waals surface area contributed by atoms with Crippen LogP contribution >= 0.6 is 0 Å². The Morgan fingerprint density at radius 1 is 0.923 bits per heavy atom. The summed E-state index contributed by atoms with van der Waals surface area (Å²) in [6.07, 6.45) is 7.18. The van der Waals surface area contributed by atoms with Gasteiger partial charge in [-0.2, -0.15) is 0 Å². The lowest BCUT2D eigenvalue weighted by atomic mass is 10.1. The topological polar surface area (TPSA) is 68.3 Å². The van der Waals surface area contributed by atoms with E-state index in [-0.39, 0.29) is 4.90 Å². The van der Waals surface area contributed by atoms with Crippen LogP contribution < -0.4 is 9.46 Å². The van der Waals surface area contributed by atoms with Crippen molar-refractivity contribution in [2.75, 3.05) is 11.8 Å². The number of benzene rings is 2. The number of aromatic nitrogens is 1. The molecule has 6 heteroatoms. The highest BCUT2D eigenvalue weighted by Gasteiger charge is 2.15. The van der Waals surface area contributed by atoms with E-state index in [4.69, 9.17) is 4.74 Å². The van der Waals surface area contributed by atoms with Crippen LogP contribution in [-0.2, 0) is 10.0 Å². The fourth-order valence-corrected chi connectivity index (χ4v) is 3.44. The molecule has 0 unspecified atom stereocenters. The Bertz CT molecular complexity index is 999. The Morgan fingerprint density at radius 2 is 1.62 bits per heavy atom. The van der Waals surface area contributed by atoms with Gasteiger partial charge in [0.05, 0.1) is 17.7 Å². The molecule has 3 rings (SSSR count). The summed E-state index contributed by atoms with van der Waals surface area (Å²) >= 11 is 0. The molecule has 3 aromatic rings. The summed E-state index contributed by atoms with van der Waals surface area (Å²) in [5.41, 5.74) is 2.25. The lowest BCUT2D eigenvalue weighted by Gasteiger charge is -2.11. The molecular formula is C20H18N2O3S. The van der Waals surface area contributed by atoms with Gasteiger partial charge in [-0.25, -0.2) is 8.42 Å². The van der Waals surface area contributed by atoms with Gasteiger partial charge in [-0.1, -0.05) is 30.4 Å². The minimum atomic E-state index is -3.69. The van der Waals surface area contributed by atoms with Crippen LogP contribution in [0.4, 0.5) is 5.69 Å². The van der Waals surface area contributed by atoms with E-state index in [1.165, 1.54) is 19.2 Å². The average molecular weight is 366 g/mol. The maximum atomic E-state index is 12.6. The molecule has 0 spiro atoms. The van der Waals surface area contributed by atoms with Crippen molar-refractivity contribution < 1.29 is 13.2 Å². The summed E-state index contributed by atoms with van der Waals surface area (Å²) in [5.74, 6) is 0.602. The molecule has 26 heavy (non-hydrogen) atoms. The van der Waals surface area contributed by atoms with Crippen molar-refractivity contribution in [2.45, 2.75) is 4.90 Å². The smallest absolute Gasteiger partial charge is 0.261 e. The van der Waals surface area contributed by atoms with Gasteiger partial charge < -0.3 is 4.74 Å². The number of hydrogen-bond donors (Lipinski definition) is 1. The van der Waals surface area contributed by atoms with Crippen LogP contribution in [0.5, 0.6) is 5.75 Å². The maximum Gasteiger partial charge on any atom is 0.261 e. The largest absolute Gasteiger partial charge is 0.497 e. The van der Waals surface area contributed by atoms with Crippen molar-refractivity contribution in [3.05, 3.63) is 84.2 Å². The summed E-state index contributed by atoms with van der Waals surface area (Å²) in [7, 11) is -2.16. The molecule has 0 radical (unpaired) electrons. The zero-order valence-electron chi connectivity index (χ0n) is 14.2. The van der Waals surface area contributed by atoms with Gasteiger partial charge in [0.15, 0.2) is 0 Å². The number of hydrogen-bond acceptors (Lipinski definition) is 4. The Labute approximate surface area is 153 Å². The molecule has 132 valence electrons. The van der Waals surface area contributed by atoms with Crippen LogP contribution in [0.1, 0.15) is 11.1 Å². The standard InChI is InChI=1S/C20H18N2O3S/c1-25-18-8-10-19(11-9-18)26(23,24)22-20-5-3-2-4-17(20)7-6-16-12-14-21-15-13-16/h2-15,22H,1H3. The summed E-state index contributed by atoms with van der Waals surface area (Å²) in [6, 6.07) is 17.2. The Kier molecular flexibility index (Phi) is 5.34. The van der Waals surface area contributed by atoms with Crippen molar-refractivity contribution in [3.63, 3.8) is 0 Å². The van der Waals surface area contributed by atoms with Crippen molar-refractivity contribution >= 4 is 27.9 Å². The Morgan fingerprint density at radius 3 is 2.31 bits per heavy atom. The van der Waals surface area contributed by atoms with E-state index in [1.54, 1.807) is 36.7 Å². The minimum Gasteiger partial charge on any atom is -0.497 e. The molecular weight excluding hydrogens is 348 g/mol. The molecule has 0 amide bonds. The van der Waals surface area contributed by atoms with Gasteiger partial charge >= 0.3 is 0 Å². The SMILES string of the molecule is COc1ccc(S(=O)(=O)Nc2ccccc2C=Cc2ccncc2)cc1. The van der Waals surface area contributed by atoms with Crippen LogP contribution in [0, 0.1) is 0 Å². The second-order valence-electron chi connectivity index (χ2n) is 5.48. The van der Waals surface area contributed by atoms with E-state index >= 15 is 0 Å². The van der Waals surface area contributed by atoms with Gasteiger partial charge in [0.1, 0.15) is 5.75 Å². The number of nitrogens with one attached hydrogen (secondary N) is 1. The number of anilines is 1. The van der Waals surface area contributed by atoms with Crippen LogP contribution in [0.25, 0.3) is 12.2 Å². The highest BCUT2D eigenvalue weighted by Crippen LogP contribution is 2.23. The molecule has 5 nitrogen and oxygen atoms in total. The molecule has 1 N–H and O–H groups in total. The van der Waals surface area contributed by atoms with E-state index in [2.05, 4.69) is 9.71 Å². The molecule has 0 aliphatic heterocycles. The van der Waals surface area contributed by atoms with Crippen molar-refractivity contribution in [1.82, 2.24) is 4.98 Å². The Hall–Kier alpha value is -3.12. The Balaban J connectivity index is 1.86. The van der Waals surface area contributed by atoms with E-state index in [0.717, 1.165) is 11.1 Å². The van der Waals surface area contributed by atoms with Crippen molar-refractivity contribution in [1.29, 1.82) is 0 Å². The monoisotopic (exact) mass is 366 g/mol. The second-order valence-corrected chi connectivity index (χ2v) is 7.16. The number of ether oxygens (including phenoxy) is 1. The number of rotatable bonds is 6. The van der Waals surface area contributed by atoms with Crippen molar-refractivity contribution in [2.24, 2.45) is 0 Å². The first-order valence-corrected chi connectivity index (χ1v) is 9.41. The maximum absolute atomic E-state index is 12.6. The van der Waals surface area contributed by atoms with E-state index in [1.807, 2.05) is 36.4 Å².